The van der Waals surface area contributed by atoms with Gasteiger partial charge in [0.1, 0.15) is 0 Å². The molecule has 0 aliphatic rings. The molecule has 0 unspecified atom stereocenters. The fourth-order valence-electron chi connectivity index (χ4n) is 1.80. The van der Waals surface area contributed by atoms with E-state index in [2.05, 4.69) is 22.1 Å². The predicted octanol–water partition coefficient (Wildman–Crippen LogP) is 4.98. The molecule has 0 N–H and O–H groups in total. The van der Waals surface area contributed by atoms with Gasteiger partial charge in [-0.1, -0.05) is 42.1 Å². The van der Waals surface area contributed by atoms with Gasteiger partial charge < -0.3 is 0 Å². The van der Waals surface area contributed by atoms with E-state index in [1.807, 2.05) is 30.3 Å². The van der Waals surface area contributed by atoms with E-state index in [1.165, 1.54) is 5.56 Å². The Morgan fingerprint density at radius 1 is 1.19 bits per heavy atom. The molecule has 3 aromatic rings. The number of thioether (sulfide) groups is 1. The summed E-state index contributed by atoms with van der Waals surface area (Å²) in [7, 11) is 0. The Morgan fingerprint density at radius 2 is 2.00 bits per heavy atom. The summed E-state index contributed by atoms with van der Waals surface area (Å²) in [6.07, 6.45) is 1.56. The van der Waals surface area contributed by atoms with E-state index in [0.29, 0.717) is 5.69 Å². The van der Waals surface area contributed by atoms with Crippen LogP contribution >= 0.6 is 35.5 Å². The van der Waals surface area contributed by atoms with Crippen LogP contribution in [-0.2, 0) is 10.5 Å². The first kappa shape index (κ1) is 15.7. The van der Waals surface area contributed by atoms with E-state index in [1.54, 1.807) is 35.2 Å². The highest BCUT2D eigenvalue weighted by atomic mass is 35.5. The molecule has 0 atom stereocenters. The minimum absolute atomic E-state index is 0. The largest absolute Gasteiger partial charge is 0.240 e. The molecule has 6 heteroatoms. The maximum Gasteiger partial charge on any atom is 0.240 e. The van der Waals surface area contributed by atoms with Crippen molar-refractivity contribution in [3.8, 4) is 0 Å². The van der Waals surface area contributed by atoms with Crippen molar-refractivity contribution in [1.82, 2.24) is 4.98 Å². The Kier molecular flexibility index (Phi) is 5.53. The molecule has 0 bridgehead atoms. The number of carbonyl (C=O) groups excluding carboxylic acids is 1. The molecule has 2 aromatic carbocycles. The Bertz CT molecular complexity index is 783. The minimum atomic E-state index is 0. The first-order chi connectivity index (χ1) is 9.85. The third-order valence-electron chi connectivity index (χ3n) is 2.73. The summed E-state index contributed by atoms with van der Waals surface area (Å²) in [5.74, 6) is 0.903. The maximum atomic E-state index is 10.3. The van der Waals surface area contributed by atoms with Gasteiger partial charge in [0.05, 0.1) is 15.9 Å². The summed E-state index contributed by atoms with van der Waals surface area (Å²) in [5, 5.41) is 0. The summed E-state index contributed by atoms with van der Waals surface area (Å²) in [5.41, 5.74) is 2.84. The van der Waals surface area contributed by atoms with Crippen LogP contribution < -0.4 is 0 Å². The molecule has 0 amide bonds. The zero-order valence-electron chi connectivity index (χ0n) is 10.9. The number of thiazole rings is 1. The molecule has 0 aliphatic carbocycles. The van der Waals surface area contributed by atoms with Crippen molar-refractivity contribution in [3.63, 3.8) is 0 Å². The molecule has 106 valence electrons. The molecule has 3 rings (SSSR count). The standard InChI is InChI=1S/C15H10N2OS2.ClH/c18-10-16-12-6-7-13-14(8-12)20-15(17-13)19-9-11-4-2-1-3-5-11;/h1-8H,9H2;1H. The number of rotatable bonds is 4. The summed E-state index contributed by atoms with van der Waals surface area (Å²) in [4.78, 5) is 18.5. The molecular weight excluding hydrogens is 324 g/mol. The number of hydrogen-bond donors (Lipinski definition) is 0. The van der Waals surface area contributed by atoms with Crippen LogP contribution in [0.4, 0.5) is 5.69 Å². The molecule has 0 saturated heterocycles. The van der Waals surface area contributed by atoms with Crippen LogP contribution in [0.15, 0.2) is 57.9 Å². The topological polar surface area (TPSA) is 42.3 Å². The van der Waals surface area contributed by atoms with Gasteiger partial charge >= 0.3 is 0 Å². The van der Waals surface area contributed by atoms with Gasteiger partial charge in [-0.25, -0.2) is 9.78 Å². The highest BCUT2D eigenvalue weighted by molar-refractivity contribution is 8.00. The van der Waals surface area contributed by atoms with Crippen molar-refractivity contribution in [3.05, 3.63) is 54.1 Å². The molecule has 0 saturated carbocycles. The predicted molar refractivity (Wildman–Crippen MR) is 90.7 cm³/mol. The Labute approximate surface area is 136 Å². The van der Waals surface area contributed by atoms with Crippen LogP contribution in [0.25, 0.3) is 10.2 Å². The van der Waals surface area contributed by atoms with E-state index in [4.69, 9.17) is 0 Å². The molecule has 0 fully saturated rings. The maximum absolute atomic E-state index is 10.3. The van der Waals surface area contributed by atoms with Crippen molar-refractivity contribution >= 4 is 57.5 Å². The van der Waals surface area contributed by atoms with Gasteiger partial charge in [-0.05, 0) is 23.8 Å². The molecule has 21 heavy (non-hydrogen) atoms. The Morgan fingerprint density at radius 3 is 2.76 bits per heavy atom. The number of nitrogens with zero attached hydrogens (tertiary/aromatic N) is 2. The lowest BCUT2D eigenvalue weighted by Gasteiger charge is -1.97. The van der Waals surface area contributed by atoms with E-state index in [-0.39, 0.29) is 12.4 Å². The van der Waals surface area contributed by atoms with Crippen molar-refractivity contribution in [2.45, 2.75) is 10.1 Å². The first-order valence-corrected chi connectivity index (χ1v) is 7.80. The van der Waals surface area contributed by atoms with Gasteiger partial charge in [0.2, 0.25) is 6.08 Å². The quantitative estimate of drug-likeness (QED) is 0.384. The normalized spacial score (nSPS) is 9.90. The second kappa shape index (κ2) is 7.38. The van der Waals surface area contributed by atoms with Gasteiger partial charge in [-0.3, -0.25) is 0 Å². The van der Waals surface area contributed by atoms with E-state index in [0.717, 1.165) is 20.3 Å². The molecule has 1 heterocycles. The zero-order chi connectivity index (χ0) is 13.8. The van der Waals surface area contributed by atoms with Gasteiger partial charge in [0, 0.05) is 5.75 Å². The van der Waals surface area contributed by atoms with Crippen LogP contribution in [-0.4, -0.2) is 11.1 Å². The van der Waals surface area contributed by atoms with Gasteiger partial charge in [0.25, 0.3) is 0 Å². The second-order valence-electron chi connectivity index (χ2n) is 4.11. The third-order valence-corrected chi connectivity index (χ3v) is 4.96. The van der Waals surface area contributed by atoms with Crippen LogP contribution in [0.5, 0.6) is 0 Å². The Balaban J connectivity index is 0.00000161. The fraction of sp³-hybridized carbons (Fsp3) is 0.0667. The van der Waals surface area contributed by atoms with Crippen LogP contribution in [0.1, 0.15) is 5.56 Å². The lowest BCUT2D eigenvalue weighted by Crippen LogP contribution is -1.78. The summed E-state index contributed by atoms with van der Waals surface area (Å²) < 4.78 is 2.06. The number of isocyanates is 1. The van der Waals surface area contributed by atoms with Crippen LogP contribution in [0.3, 0.4) is 0 Å². The monoisotopic (exact) mass is 334 g/mol. The minimum Gasteiger partial charge on any atom is -0.230 e. The lowest BCUT2D eigenvalue weighted by atomic mass is 10.2. The van der Waals surface area contributed by atoms with Crippen molar-refractivity contribution < 1.29 is 4.79 Å². The Hall–Kier alpha value is -1.65. The van der Waals surface area contributed by atoms with Crippen molar-refractivity contribution in [2.75, 3.05) is 0 Å². The van der Waals surface area contributed by atoms with E-state index < -0.39 is 0 Å². The lowest BCUT2D eigenvalue weighted by molar-refractivity contribution is 0.565. The number of aliphatic imine (C=N–C) groups is 1. The van der Waals surface area contributed by atoms with Gasteiger partial charge in [-0.2, -0.15) is 4.99 Å². The highest BCUT2D eigenvalue weighted by Gasteiger charge is 2.05. The third kappa shape index (κ3) is 3.93. The highest BCUT2D eigenvalue weighted by Crippen LogP contribution is 2.33. The average molecular weight is 335 g/mol. The second-order valence-corrected chi connectivity index (χ2v) is 6.36. The summed E-state index contributed by atoms with van der Waals surface area (Å²) in [6.45, 7) is 0. The van der Waals surface area contributed by atoms with Crippen LogP contribution in [0.2, 0.25) is 0 Å². The molecule has 0 aliphatic heterocycles. The van der Waals surface area contributed by atoms with Gasteiger partial charge in [0.15, 0.2) is 4.34 Å². The number of fused-ring (bicyclic) bond motifs is 1. The molecule has 3 nitrogen and oxygen atoms in total. The molecular formula is C15H11ClN2OS2. The number of halogens is 1. The number of hydrogen-bond acceptors (Lipinski definition) is 5. The number of benzene rings is 2. The summed E-state index contributed by atoms with van der Waals surface area (Å²) in [6, 6.07) is 15.8. The van der Waals surface area contributed by atoms with Gasteiger partial charge in [-0.15, -0.1) is 23.7 Å². The molecule has 0 radical (unpaired) electrons. The SMILES string of the molecule is Cl.O=C=Nc1ccc2nc(SCc3ccccc3)sc2c1. The van der Waals surface area contributed by atoms with E-state index in [9.17, 15) is 4.79 Å². The van der Waals surface area contributed by atoms with E-state index >= 15 is 0 Å². The van der Waals surface area contributed by atoms with Crippen LogP contribution in [0, 0.1) is 0 Å². The summed E-state index contributed by atoms with van der Waals surface area (Å²) >= 11 is 3.34. The fourth-order valence-corrected chi connectivity index (χ4v) is 3.85. The smallest absolute Gasteiger partial charge is 0.230 e. The molecule has 0 spiro atoms. The van der Waals surface area contributed by atoms with Crippen molar-refractivity contribution in [1.29, 1.82) is 0 Å². The van der Waals surface area contributed by atoms with Crippen molar-refractivity contribution in [2.24, 2.45) is 4.99 Å². The first-order valence-electron chi connectivity index (χ1n) is 6.00. The zero-order valence-corrected chi connectivity index (χ0v) is 13.3. The number of aromatic nitrogens is 1. The average Bonchev–Trinajstić information content (AvgIpc) is 2.89. The molecule has 1 aromatic heterocycles.